The van der Waals surface area contributed by atoms with Crippen LogP contribution in [0.4, 0.5) is 0 Å². The zero-order valence-electron chi connectivity index (χ0n) is 19.3. The molecular weight excluding hydrogens is 452 g/mol. The molecule has 0 aliphatic carbocycles. The summed E-state index contributed by atoms with van der Waals surface area (Å²) < 4.78 is 6.68. The van der Waals surface area contributed by atoms with E-state index in [9.17, 15) is 19.5 Å². The maximum absolute atomic E-state index is 13.1. The monoisotopic (exact) mass is 476 g/mol. The molecule has 0 saturated carbocycles. The number of carbonyl (C=O) groups is 1. The van der Waals surface area contributed by atoms with Crippen LogP contribution in [0.15, 0.2) is 46.2 Å². The summed E-state index contributed by atoms with van der Waals surface area (Å²) in [6.45, 7) is 2.22. The largest absolute Gasteiger partial charge is 0.481 e. The molecule has 0 bridgehead atoms. The second-order valence-corrected chi connectivity index (χ2v) is 8.54. The van der Waals surface area contributed by atoms with Crippen molar-refractivity contribution in [2.24, 2.45) is 0 Å². The van der Waals surface area contributed by atoms with Crippen LogP contribution in [-0.2, 0) is 4.79 Å². The Morgan fingerprint density at radius 2 is 1.91 bits per heavy atom. The second-order valence-electron chi connectivity index (χ2n) is 8.54. The lowest BCUT2D eigenvalue weighted by atomic mass is 10.0. The number of piperidine rings is 1. The van der Waals surface area contributed by atoms with Crippen molar-refractivity contribution in [1.82, 2.24) is 29.4 Å². The zero-order chi connectivity index (χ0) is 24.7. The van der Waals surface area contributed by atoms with E-state index in [1.165, 1.54) is 20.2 Å². The number of nitrogens with zero attached hydrogens (tertiary/aromatic N) is 5. The SMILES string of the molecule is COc1ccc(-c2ccc3ncc4c(=O)[nH]c(=O)n(C5CCN(C(=O)[C@@H](C)O)CC5)c4c3n2)cn1. The third-order valence-corrected chi connectivity index (χ3v) is 6.35. The van der Waals surface area contributed by atoms with E-state index >= 15 is 0 Å². The number of H-pyrrole nitrogens is 1. The Kier molecular flexibility index (Phi) is 5.77. The van der Waals surface area contributed by atoms with Gasteiger partial charge in [0.15, 0.2) is 0 Å². The standard InChI is InChI=1S/C24H24N6O5/c1-13(31)23(33)29-9-7-15(8-10-29)30-21-16(22(32)28-24(30)34)12-25-18-5-4-17(27-20(18)21)14-3-6-19(35-2)26-11-14/h3-6,11-13,15,31H,7-10H2,1-2H3,(H,28,32,34)/t13-/m1/s1. The van der Waals surface area contributed by atoms with E-state index in [2.05, 4.69) is 15.0 Å². The first-order valence-electron chi connectivity index (χ1n) is 11.3. The number of methoxy groups -OCH3 is 1. The number of nitrogens with one attached hydrogen (secondary N) is 1. The summed E-state index contributed by atoms with van der Waals surface area (Å²) in [5.74, 6) is 0.138. The van der Waals surface area contributed by atoms with Crippen LogP contribution in [0, 0.1) is 0 Å². The molecule has 0 unspecified atom stereocenters. The molecule has 4 aromatic rings. The zero-order valence-corrected chi connectivity index (χ0v) is 19.3. The highest BCUT2D eigenvalue weighted by molar-refractivity contribution is 6.01. The molecule has 5 heterocycles. The Morgan fingerprint density at radius 3 is 2.57 bits per heavy atom. The molecule has 1 atom stereocenters. The molecule has 0 spiro atoms. The number of aromatic amines is 1. The molecule has 1 fully saturated rings. The van der Waals surface area contributed by atoms with Gasteiger partial charge in [-0.15, -0.1) is 0 Å². The second kappa shape index (κ2) is 8.91. The minimum absolute atomic E-state index is 0.261. The molecule has 180 valence electrons. The van der Waals surface area contributed by atoms with Gasteiger partial charge >= 0.3 is 5.69 Å². The van der Waals surface area contributed by atoms with Gasteiger partial charge in [0.2, 0.25) is 5.88 Å². The summed E-state index contributed by atoms with van der Waals surface area (Å²) in [6, 6.07) is 6.89. The van der Waals surface area contributed by atoms with Crippen LogP contribution in [0.5, 0.6) is 5.88 Å². The topological polar surface area (TPSA) is 143 Å². The van der Waals surface area contributed by atoms with Gasteiger partial charge in [-0.05, 0) is 38.0 Å². The number of amides is 1. The summed E-state index contributed by atoms with van der Waals surface area (Å²) in [6.07, 6.45) is 3.00. The Morgan fingerprint density at radius 1 is 1.14 bits per heavy atom. The van der Waals surface area contributed by atoms with Crippen molar-refractivity contribution in [1.29, 1.82) is 0 Å². The van der Waals surface area contributed by atoms with Crippen LogP contribution < -0.4 is 16.0 Å². The average molecular weight is 476 g/mol. The molecular formula is C24H24N6O5. The summed E-state index contributed by atoms with van der Waals surface area (Å²) in [7, 11) is 1.54. The van der Waals surface area contributed by atoms with E-state index in [1.54, 1.807) is 33.9 Å². The van der Waals surface area contributed by atoms with Gasteiger partial charge in [0.1, 0.15) is 11.6 Å². The number of likely N-dealkylation sites (tertiary alicyclic amines) is 1. The number of ether oxygens (including phenoxy) is 1. The average Bonchev–Trinajstić information content (AvgIpc) is 2.88. The van der Waals surface area contributed by atoms with Crippen molar-refractivity contribution < 1.29 is 14.6 Å². The summed E-state index contributed by atoms with van der Waals surface area (Å²) in [5, 5.41) is 9.89. The van der Waals surface area contributed by atoms with Crippen LogP contribution in [0.3, 0.4) is 0 Å². The van der Waals surface area contributed by atoms with Crippen LogP contribution >= 0.6 is 0 Å². The molecule has 0 radical (unpaired) electrons. The summed E-state index contributed by atoms with van der Waals surface area (Å²) in [4.78, 5) is 55.3. The first kappa shape index (κ1) is 22.7. The first-order valence-corrected chi connectivity index (χ1v) is 11.3. The van der Waals surface area contributed by atoms with Crippen molar-refractivity contribution in [3.8, 4) is 17.1 Å². The number of aromatic nitrogens is 5. The molecule has 4 aromatic heterocycles. The van der Waals surface area contributed by atoms with Gasteiger partial charge < -0.3 is 14.7 Å². The Labute approximate surface area is 199 Å². The Bertz CT molecular complexity index is 1530. The number of carbonyl (C=O) groups excluding carboxylic acids is 1. The lowest BCUT2D eigenvalue weighted by Gasteiger charge is -2.34. The molecule has 2 N–H and O–H groups in total. The third-order valence-electron chi connectivity index (χ3n) is 6.35. The van der Waals surface area contributed by atoms with Crippen molar-refractivity contribution >= 4 is 27.8 Å². The van der Waals surface area contributed by atoms with E-state index < -0.39 is 17.4 Å². The van der Waals surface area contributed by atoms with Crippen molar-refractivity contribution in [2.45, 2.75) is 31.9 Å². The summed E-state index contributed by atoms with van der Waals surface area (Å²) in [5.41, 5.74) is 1.67. The minimum atomic E-state index is -1.08. The highest BCUT2D eigenvalue weighted by Gasteiger charge is 2.28. The molecule has 11 nitrogen and oxygen atoms in total. The van der Waals surface area contributed by atoms with Gasteiger partial charge in [0.05, 0.1) is 29.2 Å². The number of hydrogen-bond donors (Lipinski definition) is 2. The Hall–Kier alpha value is -4.12. The smallest absolute Gasteiger partial charge is 0.329 e. The molecule has 35 heavy (non-hydrogen) atoms. The molecule has 5 rings (SSSR count). The lowest BCUT2D eigenvalue weighted by molar-refractivity contribution is -0.140. The number of pyridine rings is 3. The quantitative estimate of drug-likeness (QED) is 0.419. The normalized spacial score (nSPS) is 15.5. The molecule has 1 amide bonds. The predicted molar refractivity (Wildman–Crippen MR) is 128 cm³/mol. The van der Waals surface area contributed by atoms with Crippen LogP contribution in [-0.4, -0.2) is 66.7 Å². The lowest BCUT2D eigenvalue weighted by Crippen LogP contribution is -2.45. The predicted octanol–water partition coefficient (Wildman–Crippen LogP) is 1.25. The van der Waals surface area contributed by atoms with Crippen molar-refractivity contribution in [2.75, 3.05) is 20.2 Å². The molecule has 11 heteroatoms. The van der Waals surface area contributed by atoms with Gasteiger partial charge in [-0.2, -0.15) is 0 Å². The minimum Gasteiger partial charge on any atom is -0.481 e. The van der Waals surface area contributed by atoms with E-state index in [0.717, 1.165) is 5.56 Å². The maximum Gasteiger partial charge on any atom is 0.329 e. The van der Waals surface area contributed by atoms with Gasteiger partial charge in [-0.1, -0.05) is 0 Å². The highest BCUT2D eigenvalue weighted by Crippen LogP contribution is 2.29. The molecule has 1 aliphatic rings. The summed E-state index contributed by atoms with van der Waals surface area (Å²) >= 11 is 0. The fourth-order valence-electron chi connectivity index (χ4n) is 4.56. The van der Waals surface area contributed by atoms with Crippen LogP contribution in [0.25, 0.3) is 33.2 Å². The fourth-order valence-corrected chi connectivity index (χ4v) is 4.56. The van der Waals surface area contributed by atoms with Crippen LogP contribution in [0.2, 0.25) is 0 Å². The van der Waals surface area contributed by atoms with E-state index in [1.807, 2.05) is 6.07 Å². The number of aliphatic hydroxyl groups excluding tert-OH is 1. The number of rotatable bonds is 4. The van der Waals surface area contributed by atoms with Crippen molar-refractivity contribution in [3.05, 3.63) is 57.5 Å². The van der Waals surface area contributed by atoms with E-state index in [0.29, 0.717) is 54.1 Å². The van der Waals surface area contributed by atoms with Gasteiger partial charge in [-0.3, -0.25) is 24.1 Å². The molecule has 0 aromatic carbocycles. The van der Waals surface area contributed by atoms with E-state index in [4.69, 9.17) is 9.72 Å². The number of aliphatic hydroxyl groups is 1. The third kappa shape index (κ3) is 4.03. The number of hydrogen-bond acceptors (Lipinski definition) is 8. The fraction of sp³-hybridized carbons (Fsp3) is 0.333. The van der Waals surface area contributed by atoms with Crippen LogP contribution in [0.1, 0.15) is 25.8 Å². The Balaban J connectivity index is 1.65. The van der Waals surface area contributed by atoms with E-state index in [-0.39, 0.29) is 17.3 Å². The maximum atomic E-state index is 13.1. The molecule has 1 aliphatic heterocycles. The van der Waals surface area contributed by atoms with Crippen molar-refractivity contribution in [3.63, 3.8) is 0 Å². The molecule has 1 saturated heterocycles. The van der Waals surface area contributed by atoms with Gasteiger partial charge in [0, 0.05) is 43.2 Å². The number of fused-ring (bicyclic) bond motifs is 3. The van der Waals surface area contributed by atoms with Gasteiger partial charge in [-0.25, -0.2) is 14.8 Å². The first-order chi connectivity index (χ1) is 16.9. The highest BCUT2D eigenvalue weighted by atomic mass is 16.5. The van der Waals surface area contributed by atoms with Gasteiger partial charge in [0.25, 0.3) is 11.5 Å².